The molecule has 2 aromatic heterocycles. The summed E-state index contributed by atoms with van der Waals surface area (Å²) in [7, 11) is 0. The Hall–Kier alpha value is -1.82. The molecule has 0 aliphatic carbocycles. The smallest absolute Gasteiger partial charge is 0.407 e. The summed E-state index contributed by atoms with van der Waals surface area (Å²) in [5, 5.41) is 9.68. The Labute approximate surface area is 128 Å². The lowest BCUT2D eigenvalue weighted by atomic mass is 9.96. The molecule has 2 aromatic rings. The van der Waals surface area contributed by atoms with Crippen molar-refractivity contribution in [3.8, 4) is 0 Å². The van der Waals surface area contributed by atoms with Crippen molar-refractivity contribution in [2.24, 2.45) is 5.41 Å². The van der Waals surface area contributed by atoms with Crippen LogP contribution in [0.25, 0.3) is 11.0 Å². The molecule has 0 saturated carbocycles. The van der Waals surface area contributed by atoms with Gasteiger partial charge in [0, 0.05) is 25.8 Å². The molecule has 0 unspecified atom stereocenters. The molecule has 2 rings (SSSR count). The number of carbonyl (C=O) groups is 1. The lowest BCUT2D eigenvalue weighted by Gasteiger charge is -2.28. The minimum Gasteiger partial charge on any atom is -0.465 e. The van der Waals surface area contributed by atoms with E-state index in [1.807, 2.05) is 37.6 Å². The highest BCUT2D eigenvalue weighted by Crippen LogP contribution is 2.21. The zero-order chi connectivity index (χ0) is 15.6. The van der Waals surface area contributed by atoms with E-state index in [2.05, 4.69) is 9.97 Å². The molecule has 0 bridgehead atoms. The summed E-state index contributed by atoms with van der Waals surface area (Å²) in [6, 6.07) is 1.84. The maximum absolute atomic E-state index is 11.3. The van der Waals surface area contributed by atoms with Gasteiger partial charge in [-0.05, 0) is 11.5 Å². The molecule has 0 aliphatic heterocycles. The fourth-order valence-corrected chi connectivity index (χ4v) is 2.47. The van der Waals surface area contributed by atoms with Gasteiger partial charge in [-0.3, -0.25) is 0 Å². The summed E-state index contributed by atoms with van der Waals surface area (Å²) in [6.45, 7) is 7.42. The topological polar surface area (TPSA) is 71.2 Å². The van der Waals surface area contributed by atoms with Crippen LogP contribution in [0.5, 0.6) is 0 Å². The van der Waals surface area contributed by atoms with Gasteiger partial charge in [-0.15, -0.1) is 0 Å². The van der Waals surface area contributed by atoms with Crippen LogP contribution < -0.4 is 0 Å². The predicted octanol–water partition coefficient (Wildman–Crippen LogP) is 3.11. The van der Waals surface area contributed by atoms with Crippen molar-refractivity contribution in [2.75, 3.05) is 13.1 Å². The summed E-state index contributed by atoms with van der Waals surface area (Å²) in [5.74, 6) is 0. The molecular weight excluding hydrogens is 292 g/mol. The van der Waals surface area contributed by atoms with Crippen LogP contribution in [0.4, 0.5) is 4.79 Å². The van der Waals surface area contributed by atoms with Crippen molar-refractivity contribution in [3.05, 3.63) is 23.7 Å². The zero-order valence-corrected chi connectivity index (χ0v) is 13.1. The first kappa shape index (κ1) is 15.6. The molecule has 1 N–H and O–H groups in total. The van der Waals surface area contributed by atoms with Crippen molar-refractivity contribution in [1.82, 2.24) is 19.4 Å². The Morgan fingerprint density at radius 2 is 2.14 bits per heavy atom. The van der Waals surface area contributed by atoms with Crippen LogP contribution in [-0.4, -0.2) is 43.7 Å². The highest BCUT2D eigenvalue weighted by molar-refractivity contribution is 6.33. The first-order valence-corrected chi connectivity index (χ1v) is 7.09. The summed E-state index contributed by atoms with van der Waals surface area (Å²) in [6.07, 6.45) is 2.35. The van der Waals surface area contributed by atoms with Crippen LogP contribution in [0.2, 0.25) is 5.15 Å². The average molecular weight is 311 g/mol. The van der Waals surface area contributed by atoms with Crippen molar-refractivity contribution >= 4 is 28.7 Å². The number of amides is 1. The van der Waals surface area contributed by atoms with E-state index in [9.17, 15) is 9.90 Å². The Bertz CT molecular complexity index is 648. The van der Waals surface area contributed by atoms with Gasteiger partial charge in [-0.1, -0.05) is 32.4 Å². The second-order valence-electron chi connectivity index (χ2n) is 6.17. The molecule has 0 spiro atoms. The van der Waals surface area contributed by atoms with Gasteiger partial charge in [-0.25, -0.2) is 14.8 Å². The van der Waals surface area contributed by atoms with Crippen molar-refractivity contribution in [1.29, 1.82) is 0 Å². The second-order valence-corrected chi connectivity index (χ2v) is 6.53. The fraction of sp³-hybridized carbons (Fsp3) is 0.500. The van der Waals surface area contributed by atoms with E-state index < -0.39 is 6.09 Å². The lowest BCUT2D eigenvalue weighted by molar-refractivity contribution is 0.124. The van der Waals surface area contributed by atoms with E-state index >= 15 is 0 Å². The Balaban J connectivity index is 2.15. The first-order chi connectivity index (χ1) is 9.78. The van der Waals surface area contributed by atoms with Crippen LogP contribution in [0.1, 0.15) is 20.8 Å². The van der Waals surface area contributed by atoms with Gasteiger partial charge >= 0.3 is 6.09 Å². The SMILES string of the molecule is CC(C)(C)CN(CCn1ccc2ncnc(Cl)c21)C(=O)O. The second kappa shape index (κ2) is 5.89. The normalized spacial score (nSPS) is 11.8. The van der Waals surface area contributed by atoms with Crippen molar-refractivity contribution < 1.29 is 9.90 Å². The van der Waals surface area contributed by atoms with Gasteiger partial charge in [0.2, 0.25) is 0 Å². The largest absolute Gasteiger partial charge is 0.465 e. The van der Waals surface area contributed by atoms with Crippen LogP contribution in [0.3, 0.4) is 0 Å². The Morgan fingerprint density at radius 3 is 2.76 bits per heavy atom. The van der Waals surface area contributed by atoms with E-state index in [4.69, 9.17) is 11.6 Å². The highest BCUT2D eigenvalue weighted by atomic mass is 35.5. The standard InChI is InChI=1S/C14H19ClN4O2/c1-14(2,3)8-19(13(20)21)7-6-18-5-4-10-11(18)12(15)17-9-16-10/h4-5,9H,6-8H2,1-3H3,(H,20,21). The van der Waals surface area contributed by atoms with Crippen LogP contribution in [0.15, 0.2) is 18.6 Å². The number of nitrogens with zero attached hydrogens (tertiary/aromatic N) is 4. The molecule has 6 nitrogen and oxygen atoms in total. The molecule has 0 atom stereocenters. The molecule has 7 heteroatoms. The minimum atomic E-state index is -0.913. The monoisotopic (exact) mass is 310 g/mol. The minimum absolute atomic E-state index is 0.0854. The maximum atomic E-state index is 11.3. The number of hydrogen-bond acceptors (Lipinski definition) is 3. The molecule has 21 heavy (non-hydrogen) atoms. The van der Waals surface area contributed by atoms with Crippen LogP contribution in [0, 0.1) is 5.41 Å². The first-order valence-electron chi connectivity index (χ1n) is 6.71. The molecule has 0 fully saturated rings. The highest BCUT2D eigenvalue weighted by Gasteiger charge is 2.20. The van der Waals surface area contributed by atoms with Gasteiger partial charge in [0.1, 0.15) is 11.8 Å². The van der Waals surface area contributed by atoms with Crippen molar-refractivity contribution in [2.45, 2.75) is 27.3 Å². The number of halogens is 1. The van der Waals surface area contributed by atoms with E-state index in [0.29, 0.717) is 24.8 Å². The third kappa shape index (κ3) is 3.85. The van der Waals surface area contributed by atoms with Crippen molar-refractivity contribution in [3.63, 3.8) is 0 Å². The number of aromatic nitrogens is 3. The van der Waals surface area contributed by atoms with E-state index in [1.54, 1.807) is 0 Å². The van der Waals surface area contributed by atoms with Gasteiger partial charge in [0.25, 0.3) is 0 Å². The number of fused-ring (bicyclic) bond motifs is 1. The fourth-order valence-electron chi connectivity index (χ4n) is 2.22. The Morgan fingerprint density at radius 1 is 1.43 bits per heavy atom. The van der Waals surface area contributed by atoms with Gasteiger partial charge in [-0.2, -0.15) is 0 Å². The molecule has 0 radical (unpaired) electrons. The Kier molecular flexibility index (Phi) is 4.37. The molecule has 0 aromatic carbocycles. The third-order valence-corrected chi connectivity index (χ3v) is 3.33. The van der Waals surface area contributed by atoms with E-state index in [0.717, 1.165) is 11.0 Å². The summed E-state index contributed by atoms with van der Waals surface area (Å²) in [5.41, 5.74) is 1.41. The summed E-state index contributed by atoms with van der Waals surface area (Å²) < 4.78 is 1.89. The zero-order valence-electron chi connectivity index (χ0n) is 12.4. The molecule has 0 saturated heterocycles. The van der Waals surface area contributed by atoms with Crippen LogP contribution >= 0.6 is 11.6 Å². The van der Waals surface area contributed by atoms with Gasteiger partial charge in [0.05, 0.1) is 5.52 Å². The molecule has 0 aliphatic rings. The molecular formula is C14H19ClN4O2. The predicted molar refractivity (Wildman–Crippen MR) is 81.6 cm³/mol. The number of rotatable bonds is 4. The summed E-state index contributed by atoms with van der Waals surface area (Å²) >= 11 is 6.09. The molecule has 2 heterocycles. The number of hydrogen-bond donors (Lipinski definition) is 1. The quantitative estimate of drug-likeness (QED) is 0.881. The number of carboxylic acid groups (broad SMARTS) is 1. The van der Waals surface area contributed by atoms with E-state index in [-0.39, 0.29) is 5.41 Å². The third-order valence-electron chi connectivity index (χ3n) is 3.05. The summed E-state index contributed by atoms with van der Waals surface area (Å²) in [4.78, 5) is 20.9. The van der Waals surface area contributed by atoms with Gasteiger partial charge < -0.3 is 14.6 Å². The average Bonchev–Trinajstić information content (AvgIpc) is 2.77. The molecule has 114 valence electrons. The molecule has 1 amide bonds. The van der Waals surface area contributed by atoms with E-state index in [1.165, 1.54) is 11.2 Å². The van der Waals surface area contributed by atoms with Gasteiger partial charge in [0.15, 0.2) is 5.15 Å². The maximum Gasteiger partial charge on any atom is 0.407 e. The lowest BCUT2D eigenvalue weighted by Crippen LogP contribution is -2.38. The van der Waals surface area contributed by atoms with Crippen LogP contribution in [-0.2, 0) is 6.54 Å².